The molecule has 2 saturated heterocycles. The minimum Gasteiger partial charge on any atom is -0.369 e. The number of nitrogens with one attached hydrogen (secondary N) is 1. The predicted octanol–water partition coefficient (Wildman–Crippen LogP) is 2.70. The summed E-state index contributed by atoms with van der Waals surface area (Å²) in [6.07, 6.45) is 6.44. The monoisotopic (exact) mass is 437 g/mol. The Morgan fingerprint density at radius 2 is 2.03 bits per heavy atom. The van der Waals surface area contributed by atoms with Crippen LogP contribution in [0.15, 0.2) is 41.7 Å². The van der Waals surface area contributed by atoms with Crippen molar-refractivity contribution in [2.24, 2.45) is 12.0 Å². The van der Waals surface area contributed by atoms with Gasteiger partial charge >= 0.3 is 0 Å². The van der Waals surface area contributed by atoms with Crippen LogP contribution in [0.3, 0.4) is 0 Å². The summed E-state index contributed by atoms with van der Waals surface area (Å²) < 4.78 is 1.90. The SMILES string of the molecule is CCNC(=NCCCN1CCN(c2cccc(C)c2)CC1)N1CCC(c2cnn(C)c2)C1. The third kappa shape index (κ3) is 5.82. The number of benzene rings is 1. The summed E-state index contributed by atoms with van der Waals surface area (Å²) in [5.41, 5.74) is 4.04. The van der Waals surface area contributed by atoms with E-state index in [-0.39, 0.29) is 0 Å². The Labute approximate surface area is 193 Å². The summed E-state index contributed by atoms with van der Waals surface area (Å²) in [6.45, 7) is 13.8. The van der Waals surface area contributed by atoms with Crippen LogP contribution in [0, 0.1) is 6.92 Å². The molecule has 2 aliphatic rings. The normalized spacial score (nSPS) is 20.2. The van der Waals surface area contributed by atoms with Crippen LogP contribution < -0.4 is 10.2 Å². The average molecular weight is 438 g/mol. The molecule has 3 heterocycles. The van der Waals surface area contributed by atoms with Crippen molar-refractivity contribution >= 4 is 11.6 Å². The second kappa shape index (κ2) is 10.9. The molecule has 0 aliphatic carbocycles. The molecular weight excluding hydrogens is 398 g/mol. The van der Waals surface area contributed by atoms with E-state index < -0.39 is 0 Å². The lowest BCUT2D eigenvalue weighted by Crippen LogP contribution is -2.46. The molecule has 0 saturated carbocycles. The van der Waals surface area contributed by atoms with Crippen LogP contribution >= 0.6 is 0 Å². The predicted molar refractivity (Wildman–Crippen MR) is 133 cm³/mol. The fraction of sp³-hybridized carbons (Fsp3) is 0.600. The van der Waals surface area contributed by atoms with Crippen LogP contribution in [-0.2, 0) is 7.05 Å². The molecule has 1 unspecified atom stereocenters. The smallest absolute Gasteiger partial charge is 0.193 e. The Morgan fingerprint density at radius 1 is 1.19 bits per heavy atom. The maximum atomic E-state index is 4.96. The molecule has 174 valence electrons. The second-order valence-electron chi connectivity index (χ2n) is 9.14. The van der Waals surface area contributed by atoms with Gasteiger partial charge in [-0.3, -0.25) is 14.6 Å². The van der Waals surface area contributed by atoms with Gasteiger partial charge in [0.2, 0.25) is 0 Å². The Kier molecular flexibility index (Phi) is 7.68. The zero-order valence-electron chi connectivity index (χ0n) is 20.0. The summed E-state index contributed by atoms with van der Waals surface area (Å²) in [5.74, 6) is 1.63. The van der Waals surface area contributed by atoms with Crippen LogP contribution in [0.2, 0.25) is 0 Å². The number of aromatic nitrogens is 2. The number of aliphatic imine (C=N–C) groups is 1. The van der Waals surface area contributed by atoms with E-state index >= 15 is 0 Å². The Hall–Kier alpha value is -2.54. The van der Waals surface area contributed by atoms with E-state index in [2.05, 4.69) is 69.4 Å². The van der Waals surface area contributed by atoms with Crippen molar-refractivity contribution in [3.05, 3.63) is 47.8 Å². The summed E-state index contributed by atoms with van der Waals surface area (Å²) in [7, 11) is 1.99. The van der Waals surface area contributed by atoms with E-state index in [1.165, 1.54) is 23.2 Å². The number of piperazine rings is 1. The minimum absolute atomic E-state index is 0.553. The van der Waals surface area contributed by atoms with Crippen molar-refractivity contribution in [3.63, 3.8) is 0 Å². The van der Waals surface area contributed by atoms with Crippen LogP contribution in [0.5, 0.6) is 0 Å². The largest absolute Gasteiger partial charge is 0.369 e. The van der Waals surface area contributed by atoms with Crippen LogP contribution in [0.25, 0.3) is 0 Å². The molecule has 7 nitrogen and oxygen atoms in total. The van der Waals surface area contributed by atoms with Gasteiger partial charge in [-0.1, -0.05) is 12.1 Å². The maximum Gasteiger partial charge on any atom is 0.193 e. The summed E-state index contributed by atoms with van der Waals surface area (Å²) in [6, 6.07) is 8.86. The van der Waals surface area contributed by atoms with Crippen molar-refractivity contribution in [2.45, 2.75) is 32.6 Å². The molecule has 7 heteroatoms. The van der Waals surface area contributed by atoms with Gasteiger partial charge in [-0.15, -0.1) is 0 Å². The van der Waals surface area contributed by atoms with E-state index in [1.807, 2.05) is 17.9 Å². The summed E-state index contributed by atoms with van der Waals surface area (Å²) in [4.78, 5) is 12.5. The lowest BCUT2D eigenvalue weighted by molar-refractivity contribution is 0.256. The molecule has 2 fully saturated rings. The third-order valence-electron chi connectivity index (χ3n) is 6.65. The first-order valence-electron chi connectivity index (χ1n) is 12.2. The van der Waals surface area contributed by atoms with E-state index in [9.17, 15) is 0 Å². The van der Waals surface area contributed by atoms with Crippen molar-refractivity contribution in [3.8, 4) is 0 Å². The minimum atomic E-state index is 0.553. The molecule has 1 aromatic heterocycles. The maximum absolute atomic E-state index is 4.96. The third-order valence-corrected chi connectivity index (χ3v) is 6.65. The van der Waals surface area contributed by atoms with Gasteiger partial charge in [-0.05, 0) is 49.9 Å². The number of hydrogen-bond acceptors (Lipinski definition) is 4. The average Bonchev–Trinajstić information content (AvgIpc) is 3.45. The molecule has 2 aromatic rings. The molecule has 0 amide bonds. The zero-order valence-corrected chi connectivity index (χ0v) is 20.0. The number of rotatable bonds is 7. The van der Waals surface area contributed by atoms with Gasteiger partial charge in [0.15, 0.2) is 5.96 Å². The van der Waals surface area contributed by atoms with Gasteiger partial charge in [0.25, 0.3) is 0 Å². The van der Waals surface area contributed by atoms with Gasteiger partial charge in [-0.2, -0.15) is 5.10 Å². The van der Waals surface area contributed by atoms with Gasteiger partial charge in [0.1, 0.15) is 0 Å². The van der Waals surface area contributed by atoms with E-state index in [0.29, 0.717) is 5.92 Å². The van der Waals surface area contributed by atoms with Crippen LogP contribution in [0.1, 0.15) is 36.8 Å². The van der Waals surface area contributed by atoms with Gasteiger partial charge < -0.3 is 15.1 Å². The van der Waals surface area contributed by atoms with Crippen molar-refractivity contribution in [1.29, 1.82) is 0 Å². The topological polar surface area (TPSA) is 51.9 Å². The summed E-state index contributed by atoms with van der Waals surface area (Å²) >= 11 is 0. The first-order valence-corrected chi connectivity index (χ1v) is 12.2. The standard InChI is InChI=1S/C25H39N7/c1-4-26-25(32-12-9-22(20-32)23-18-28-29(3)19-23)27-10-6-11-30-13-15-31(16-14-30)24-8-5-7-21(2)17-24/h5,7-8,17-19,22H,4,6,9-16,20H2,1-3H3,(H,26,27). The van der Waals surface area contributed by atoms with Crippen molar-refractivity contribution in [2.75, 3.05) is 63.8 Å². The first-order chi connectivity index (χ1) is 15.6. The zero-order chi connectivity index (χ0) is 22.3. The number of aryl methyl sites for hydroxylation is 2. The molecule has 32 heavy (non-hydrogen) atoms. The molecule has 2 aliphatic heterocycles. The highest BCUT2D eigenvalue weighted by Gasteiger charge is 2.27. The number of guanidine groups is 1. The Bertz CT molecular complexity index is 882. The number of anilines is 1. The van der Waals surface area contributed by atoms with Crippen LogP contribution in [-0.4, -0.2) is 84.4 Å². The molecular formula is C25H39N7. The molecule has 4 rings (SSSR count). The highest BCUT2D eigenvalue weighted by molar-refractivity contribution is 5.80. The molecule has 1 atom stereocenters. The molecule has 0 spiro atoms. The Balaban J connectivity index is 1.21. The highest BCUT2D eigenvalue weighted by Crippen LogP contribution is 2.26. The van der Waals surface area contributed by atoms with Gasteiger partial charge in [-0.25, -0.2) is 0 Å². The lowest BCUT2D eigenvalue weighted by atomic mass is 10.0. The second-order valence-corrected chi connectivity index (χ2v) is 9.14. The molecule has 1 aromatic carbocycles. The number of nitrogens with zero attached hydrogens (tertiary/aromatic N) is 6. The van der Waals surface area contributed by atoms with Gasteiger partial charge in [0, 0.05) is 83.8 Å². The molecule has 0 bridgehead atoms. The van der Waals surface area contributed by atoms with E-state index in [4.69, 9.17) is 4.99 Å². The fourth-order valence-electron chi connectivity index (χ4n) is 4.84. The highest BCUT2D eigenvalue weighted by atomic mass is 15.3. The fourth-order valence-corrected chi connectivity index (χ4v) is 4.84. The van der Waals surface area contributed by atoms with Crippen molar-refractivity contribution < 1.29 is 0 Å². The summed E-state index contributed by atoms with van der Waals surface area (Å²) in [5, 5.41) is 7.85. The number of likely N-dealkylation sites (tertiary alicyclic amines) is 1. The van der Waals surface area contributed by atoms with Crippen molar-refractivity contribution in [1.82, 2.24) is 24.9 Å². The quantitative estimate of drug-likeness (QED) is 0.410. The Morgan fingerprint density at radius 3 is 2.75 bits per heavy atom. The van der Waals surface area contributed by atoms with E-state index in [0.717, 1.165) is 71.3 Å². The number of hydrogen-bond donors (Lipinski definition) is 1. The van der Waals surface area contributed by atoms with E-state index in [1.54, 1.807) is 0 Å². The van der Waals surface area contributed by atoms with Gasteiger partial charge in [0.05, 0.1) is 6.20 Å². The molecule has 1 N–H and O–H groups in total. The van der Waals surface area contributed by atoms with Crippen LogP contribution in [0.4, 0.5) is 5.69 Å². The molecule has 0 radical (unpaired) electrons. The first kappa shape index (κ1) is 22.6. The lowest BCUT2D eigenvalue weighted by Gasteiger charge is -2.36.